The number of aliphatic hydroxyl groups is 1. The van der Waals surface area contributed by atoms with Crippen LogP contribution in [0.25, 0.3) is 32.2 Å². The molecule has 0 aliphatic carbocycles. The zero-order chi connectivity index (χ0) is 35.6. The number of aryl methyl sites for hydroxylation is 1. The van der Waals surface area contributed by atoms with Crippen LogP contribution in [0.15, 0.2) is 48.5 Å². The molecule has 1 N–H and O–H groups in total. The molecule has 4 rings (SSSR count). The third-order valence-corrected chi connectivity index (χ3v) is 17.6. The van der Waals surface area contributed by atoms with Crippen molar-refractivity contribution in [3.8, 4) is 11.3 Å². The predicted octanol–water partition coefficient (Wildman–Crippen LogP) is 11.3. The third-order valence-electron chi connectivity index (χ3n) is 9.06. The quantitative estimate of drug-likeness (QED) is 0.0787. The molecule has 265 valence electrons. The Balaban J connectivity index is 0.000000355. The molecule has 0 unspecified atom stereocenters. The fraction of sp³-hybridized carbons (Fsp3) is 0.537. The number of aromatic nitrogens is 2. The van der Waals surface area contributed by atoms with Gasteiger partial charge in [0, 0.05) is 38.0 Å². The van der Waals surface area contributed by atoms with Crippen molar-refractivity contribution >= 4 is 55.1 Å². The van der Waals surface area contributed by atoms with Gasteiger partial charge in [0.05, 0.1) is 5.76 Å². The number of carbonyl (C=O) groups is 1. The SMILES string of the molecule is CC(C)C(C(=O)/C=C(\O)C(C(C)C)C(C)C)C(C)C.Cc1[c]([Ge]([CH3])([CH3])[CH3])sc2c(-c3[c-]c4ccccc4c(C(C)(C)C)c3)ncnc12.[Ir]. The van der Waals surface area contributed by atoms with E-state index in [2.05, 4.69) is 142 Å². The van der Waals surface area contributed by atoms with Crippen molar-refractivity contribution < 1.29 is 30.0 Å². The number of allylic oxidation sites excluding steroid dienone is 2. The number of nitrogens with zero attached hydrogens (tertiary/aromatic N) is 2. The maximum absolute atomic E-state index is 12.3. The molecule has 48 heavy (non-hydrogen) atoms. The number of hydrogen-bond acceptors (Lipinski definition) is 5. The Morgan fingerprint density at radius 2 is 1.44 bits per heavy atom. The molecule has 4 nitrogen and oxygen atoms in total. The summed E-state index contributed by atoms with van der Waals surface area (Å²) in [6.45, 7) is 25.6. The molecular formula is C41H59GeIrN2O2S-. The minimum absolute atomic E-state index is 0. The van der Waals surface area contributed by atoms with Crippen LogP contribution in [0.1, 0.15) is 87.3 Å². The van der Waals surface area contributed by atoms with Gasteiger partial charge in [0.15, 0.2) is 5.78 Å². The van der Waals surface area contributed by atoms with Gasteiger partial charge < -0.3 is 5.11 Å². The van der Waals surface area contributed by atoms with Gasteiger partial charge in [-0.05, 0) is 23.7 Å². The second kappa shape index (κ2) is 16.9. The van der Waals surface area contributed by atoms with Crippen LogP contribution in [0.5, 0.6) is 0 Å². The fourth-order valence-corrected chi connectivity index (χ4v) is 13.6. The normalized spacial score (nSPS) is 12.9. The average molecular weight is 909 g/mol. The number of benzene rings is 2. The Morgan fingerprint density at radius 3 is 1.94 bits per heavy atom. The predicted molar refractivity (Wildman–Crippen MR) is 208 cm³/mol. The van der Waals surface area contributed by atoms with E-state index in [9.17, 15) is 9.90 Å². The van der Waals surface area contributed by atoms with E-state index in [4.69, 9.17) is 4.98 Å². The zero-order valence-corrected chi connectivity index (χ0v) is 37.3. The van der Waals surface area contributed by atoms with E-state index < -0.39 is 13.3 Å². The van der Waals surface area contributed by atoms with Crippen LogP contribution in [-0.4, -0.2) is 34.1 Å². The fourth-order valence-electron chi connectivity index (χ4n) is 7.13. The van der Waals surface area contributed by atoms with E-state index >= 15 is 0 Å². The molecule has 0 saturated carbocycles. The first-order chi connectivity index (χ1) is 21.7. The van der Waals surface area contributed by atoms with Crippen molar-refractivity contribution in [2.24, 2.45) is 35.5 Å². The van der Waals surface area contributed by atoms with Crippen LogP contribution in [0, 0.1) is 48.5 Å². The Morgan fingerprint density at radius 1 is 0.896 bits per heavy atom. The Bertz CT molecular complexity index is 1710. The molecule has 2 aromatic heterocycles. The number of hydrogen-bond donors (Lipinski definition) is 1. The third kappa shape index (κ3) is 9.89. The van der Waals surface area contributed by atoms with Gasteiger partial charge in [0.1, 0.15) is 0 Å². The molecule has 2 aromatic carbocycles. The molecule has 2 heterocycles. The molecular weight excluding hydrogens is 849 g/mol. The second-order valence-electron chi connectivity index (χ2n) is 16.6. The number of carbonyl (C=O) groups excluding carboxylic acids is 1. The summed E-state index contributed by atoms with van der Waals surface area (Å²) in [4.78, 5) is 21.7. The van der Waals surface area contributed by atoms with Gasteiger partial charge in [0.2, 0.25) is 0 Å². The number of rotatable bonds is 9. The monoisotopic (exact) mass is 910 g/mol. The van der Waals surface area contributed by atoms with Gasteiger partial charge in [-0.3, -0.25) is 4.79 Å². The van der Waals surface area contributed by atoms with Gasteiger partial charge in [-0.1, -0.05) is 55.4 Å². The van der Waals surface area contributed by atoms with E-state index in [1.165, 1.54) is 27.3 Å². The molecule has 0 atom stereocenters. The van der Waals surface area contributed by atoms with Crippen molar-refractivity contribution in [1.82, 2.24) is 9.97 Å². The maximum atomic E-state index is 12.3. The van der Waals surface area contributed by atoms with Crippen LogP contribution in [0.2, 0.25) is 17.3 Å². The van der Waals surface area contributed by atoms with E-state index in [0.29, 0.717) is 23.7 Å². The van der Waals surface area contributed by atoms with Crippen molar-refractivity contribution in [2.45, 2.75) is 106 Å². The van der Waals surface area contributed by atoms with Gasteiger partial charge in [-0.15, -0.1) is 0 Å². The molecule has 0 saturated heterocycles. The molecule has 0 spiro atoms. The smallest absolute Gasteiger partial charge is 0 e. The zero-order valence-electron chi connectivity index (χ0n) is 32.0. The number of aliphatic hydroxyl groups excluding tert-OH is 1. The Kier molecular flexibility index (Phi) is 14.9. The van der Waals surface area contributed by atoms with Gasteiger partial charge in [-0.25, -0.2) is 0 Å². The summed E-state index contributed by atoms with van der Waals surface area (Å²) in [5, 5.41) is 12.7. The van der Waals surface area contributed by atoms with E-state index in [1.54, 1.807) is 10.0 Å². The molecule has 0 amide bonds. The molecule has 0 aliphatic heterocycles. The average Bonchev–Trinajstić information content (AvgIpc) is 3.28. The maximum Gasteiger partial charge on any atom is 0 e. The van der Waals surface area contributed by atoms with Crippen LogP contribution in [0.4, 0.5) is 0 Å². The summed E-state index contributed by atoms with van der Waals surface area (Å²) < 4.78 is 2.77. The van der Waals surface area contributed by atoms with Crippen LogP contribution < -0.4 is 3.71 Å². The van der Waals surface area contributed by atoms with E-state index in [-0.39, 0.29) is 48.9 Å². The van der Waals surface area contributed by atoms with Crippen molar-refractivity contribution in [1.29, 1.82) is 0 Å². The molecule has 4 aromatic rings. The minimum Gasteiger partial charge on any atom is 0 e. The summed E-state index contributed by atoms with van der Waals surface area (Å²) in [6, 6.07) is 14.5. The van der Waals surface area contributed by atoms with Crippen LogP contribution >= 0.6 is 11.3 Å². The second-order valence-corrected chi connectivity index (χ2v) is 28.9. The Hall–Kier alpha value is -1.86. The molecule has 0 aliphatic rings. The molecule has 0 fully saturated rings. The molecule has 7 heteroatoms. The molecule has 1 radical (unpaired) electrons. The number of fused-ring (bicyclic) bond motifs is 2. The summed E-state index contributed by atoms with van der Waals surface area (Å²) >= 11 is -0.0523. The van der Waals surface area contributed by atoms with E-state index in [1.807, 2.05) is 11.3 Å². The standard InChI is InChI=1S/C24H27GeN2S.C17H32O2.Ir/c1-15-20-22(28-23(15)25(5,6)7)21(27-14-26-20)17-12-16-10-8-9-11-18(16)19(13-17)24(2,3)4;1-10(2)16(11(3)4)14(18)9-15(19)17(12(5)6)13(7)8;/h8-11,13-14H,1-7H3;9-13,16-18H,1-8H3;/q-1;;/b;14-9-;. The summed E-state index contributed by atoms with van der Waals surface area (Å²) in [6.07, 6.45) is 3.20. The largest absolute Gasteiger partial charge is 0 e. The van der Waals surface area contributed by atoms with E-state index in [0.717, 1.165) is 22.2 Å². The van der Waals surface area contributed by atoms with Crippen LogP contribution in [0.3, 0.4) is 0 Å². The molecule has 0 bridgehead atoms. The number of thiophene rings is 1. The van der Waals surface area contributed by atoms with Gasteiger partial charge in [-0.2, -0.15) is 0 Å². The topological polar surface area (TPSA) is 63.1 Å². The first kappa shape index (κ1) is 42.3. The van der Waals surface area contributed by atoms with Gasteiger partial charge >= 0.3 is 175 Å². The summed E-state index contributed by atoms with van der Waals surface area (Å²) in [7, 11) is 0. The van der Waals surface area contributed by atoms with Crippen molar-refractivity contribution in [3.05, 3.63) is 65.7 Å². The first-order valence-corrected chi connectivity index (χ1v) is 25.5. The summed E-state index contributed by atoms with van der Waals surface area (Å²) in [5.41, 5.74) is 5.95. The Labute approximate surface area is 311 Å². The minimum atomic E-state index is -1.96. The summed E-state index contributed by atoms with van der Waals surface area (Å²) in [5.74, 6) is 8.98. The van der Waals surface area contributed by atoms with Crippen molar-refractivity contribution in [2.75, 3.05) is 0 Å². The van der Waals surface area contributed by atoms with Crippen LogP contribution in [-0.2, 0) is 30.3 Å². The number of ketones is 1. The van der Waals surface area contributed by atoms with Gasteiger partial charge in [0.25, 0.3) is 0 Å². The first-order valence-electron chi connectivity index (χ1n) is 17.3. The van der Waals surface area contributed by atoms with Crippen molar-refractivity contribution in [3.63, 3.8) is 0 Å².